The summed E-state index contributed by atoms with van der Waals surface area (Å²) in [5, 5.41) is 15.1. The van der Waals surface area contributed by atoms with E-state index in [-0.39, 0.29) is 0 Å². The molecule has 3 rings (SSSR count). The third-order valence-electron chi connectivity index (χ3n) is 3.21. The minimum atomic E-state index is -0.725. The smallest absolute Gasteiger partial charge is 0.122 e. The van der Waals surface area contributed by atoms with Crippen LogP contribution in [0.2, 0.25) is 0 Å². The van der Waals surface area contributed by atoms with Crippen LogP contribution in [-0.4, -0.2) is 14.9 Å². The van der Waals surface area contributed by atoms with E-state index in [1.807, 2.05) is 54.6 Å². The van der Waals surface area contributed by atoms with Gasteiger partial charge in [0.15, 0.2) is 0 Å². The molecule has 0 bridgehead atoms. The van der Waals surface area contributed by atoms with E-state index in [1.165, 1.54) is 0 Å². The number of hydrogen-bond donors (Lipinski definition) is 1. The number of nitrogens with zero attached hydrogens (tertiary/aromatic N) is 2. The molecule has 0 aliphatic carbocycles. The maximum atomic E-state index is 10.7. The number of aliphatic hydroxyl groups is 1. The van der Waals surface area contributed by atoms with Gasteiger partial charge in [-0.25, -0.2) is 4.68 Å². The highest BCUT2D eigenvalue weighted by atomic mass is 127. The molecular formula is C16H12BrIN2O. The van der Waals surface area contributed by atoms with Crippen LogP contribution in [0, 0.1) is 3.57 Å². The van der Waals surface area contributed by atoms with E-state index < -0.39 is 6.10 Å². The van der Waals surface area contributed by atoms with E-state index in [9.17, 15) is 5.11 Å². The van der Waals surface area contributed by atoms with E-state index in [0.29, 0.717) is 0 Å². The number of aromatic nitrogens is 2. The van der Waals surface area contributed by atoms with Crippen molar-refractivity contribution in [3.63, 3.8) is 0 Å². The van der Waals surface area contributed by atoms with E-state index in [1.54, 1.807) is 10.9 Å². The van der Waals surface area contributed by atoms with Crippen LogP contribution in [0.25, 0.3) is 5.69 Å². The van der Waals surface area contributed by atoms with Crippen LogP contribution in [0.5, 0.6) is 0 Å². The Balaban J connectivity index is 2.06. The maximum Gasteiger partial charge on any atom is 0.122 e. The van der Waals surface area contributed by atoms with Gasteiger partial charge in [0, 0.05) is 19.8 Å². The summed E-state index contributed by atoms with van der Waals surface area (Å²) in [5.41, 5.74) is 2.54. The summed E-state index contributed by atoms with van der Waals surface area (Å²) in [6.07, 6.45) is 0.980. The molecule has 1 atom stereocenters. The lowest BCUT2D eigenvalue weighted by atomic mass is 10.1. The third kappa shape index (κ3) is 3.04. The van der Waals surface area contributed by atoms with Gasteiger partial charge in [-0.2, -0.15) is 5.10 Å². The van der Waals surface area contributed by atoms with Gasteiger partial charge in [-0.05, 0) is 59.0 Å². The molecule has 1 N–H and O–H groups in total. The topological polar surface area (TPSA) is 38.1 Å². The first kappa shape index (κ1) is 14.7. The number of aliphatic hydroxyl groups excluding tert-OH is 1. The average molecular weight is 455 g/mol. The molecule has 2 aromatic carbocycles. The van der Waals surface area contributed by atoms with Gasteiger partial charge in [-0.15, -0.1) is 0 Å². The first-order valence-electron chi connectivity index (χ1n) is 6.39. The fourth-order valence-electron chi connectivity index (χ4n) is 2.19. The normalized spacial score (nSPS) is 12.3. The van der Waals surface area contributed by atoms with Crippen LogP contribution in [0.15, 0.2) is 65.3 Å². The summed E-state index contributed by atoms with van der Waals surface area (Å²) < 4.78 is 3.73. The summed E-state index contributed by atoms with van der Waals surface area (Å²) in [6.45, 7) is 0. The molecule has 1 unspecified atom stereocenters. The van der Waals surface area contributed by atoms with Gasteiger partial charge in [-0.1, -0.05) is 34.1 Å². The zero-order chi connectivity index (χ0) is 14.8. The van der Waals surface area contributed by atoms with Crippen molar-refractivity contribution in [2.24, 2.45) is 0 Å². The predicted octanol–water partition coefficient (Wildman–Crippen LogP) is 4.32. The van der Waals surface area contributed by atoms with Crippen molar-refractivity contribution in [2.75, 3.05) is 0 Å². The van der Waals surface area contributed by atoms with E-state index in [4.69, 9.17) is 0 Å². The van der Waals surface area contributed by atoms with Crippen molar-refractivity contribution in [2.45, 2.75) is 6.10 Å². The highest BCUT2D eigenvalue weighted by Crippen LogP contribution is 2.29. The number of para-hydroxylation sites is 1. The highest BCUT2D eigenvalue weighted by molar-refractivity contribution is 14.1. The molecule has 0 aliphatic heterocycles. The monoisotopic (exact) mass is 454 g/mol. The third-order valence-corrected chi connectivity index (χ3v) is 4.68. The fourth-order valence-corrected chi connectivity index (χ4v) is 3.20. The lowest BCUT2D eigenvalue weighted by Crippen LogP contribution is -2.09. The van der Waals surface area contributed by atoms with Crippen molar-refractivity contribution in [1.29, 1.82) is 0 Å². The quantitative estimate of drug-likeness (QED) is 0.598. The Hall–Kier alpha value is -1.18. The largest absolute Gasteiger partial charge is 0.382 e. The molecular weight excluding hydrogens is 443 g/mol. The zero-order valence-corrected chi connectivity index (χ0v) is 14.7. The molecule has 0 radical (unpaired) electrons. The van der Waals surface area contributed by atoms with E-state index in [0.717, 1.165) is 25.0 Å². The molecule has 3 nitrogen and oxygen atoms in total. The van der Waals surface area contributed by atoms with Crippen LogP contribution < -0.4 is 0 Å². The second kappa shape index (κ2) is 6.29. The van der Waals surface area contributed by atoms with Gasteiger partial charge in [0.25, 0.3) is 0 Å². The molecule has 106 valence electrons. The second-order valence-corrected chi connectivity index (χ2v) is 6.65. The summed E-state index contributed by atoms with van der Waals surface area (Å²) in [7, 11) is 0. The molecule has 5 heteroatoms. The minimum Gasteiger partial charge on any atom is -0.382 e. The number of benzene rings is 2. The van der Waals surface area contributed by atoms with Crippen LogP contribution in [0.4, 0.5) is 0 Å². The van der Waals surface area contributed by atoms with Crippen LogP contribution >= 0.6 is 38.5 Å². The summed E-state index contributed by atoms with van der Waals surface area (Å²) >= 11 is 5.69. The van der Waals surface area contributed by atoms with Gasteiger partial charge >= 0.3 is 0 Å². The van der Waals surface area contributed by atoms with Gasteiger partial charge < -0.3 is 5.11 Å². The van der Waals surface area contributed by atoms with Crippen LogP contribution in [0.3, 0.4) is 0 Å². The highest BCUT2D eigenvalue weighted by Gasteiger charge is 2.19. The van der Waals surface area contributed by atoms with E-state index >= 15 is 0 Å². The summed E-state index contributed by atoms with van der Waals surface area (Å²) in [4.78, 5) is 0. The van der Waals surface area contributed by atoms with E-state index in [2.05, 4.69) is 43.6 Å². The van der Waals surface area contributed by atoms with Gasteiger partial charge in [0.05, 0.1) is 11.4 Å². The Kier molecular flexibility index (Phi) is 4.42. The van der Waals surface area contributed by atoms with Crippen molar-refractivity contribution < 1.29 is 5.11 Å². The van der Waals surface area contributed by atoms with Gasteiger partial charge in [-0.3, -0.25) is 0 Å². The average Bonchev–Trinajstić information content (AvgIpc) is 2.99. The van der Waals surface area contributed by atoms with Gasteiger partial charge in [0.2, 0.25) is 0 Å². The fraction of sp³-hybridized carbons (Fsp3) is 0.0625. The Bertz CT molecular complexity index is 758. The Morgan fingerprint density at radius 3 is 2.62 bits per heavy atom. The number of hydrogen-bond acceptors (Lipinski definition) is 2. The lowest BCUT2D eigenvalue weighted by Gasteiger charge is -2.15. The first-order valence-corrected chi connectivity index (χ1v) is 8.26. The summed E-state index contributed by atoms with van der Waals surface area (Å²) in [5.74, 6) is 0. The first-order chi connectivity index (χ1) is 10.2. The Morgan fingerprint density at radius 2 is 1.86 bits per heavy atom. The molecule has 1 heterocycles. The molecule has 0 spiro atoms. The van der Waals surface area contributed by atoms with Crippen molar-refractivity contribution >= 4 is 38.5 Å². The second-order valence-electron chi connectivity index (χ2n) is 4.57. The molecule has 0 saturated carbocycles. The van der Waals surface area contributed by atoms with Gasteiger partial charge in [0.1, 0.15) is 6.10 Å². The van der Waals surface area contributed by atoms with Crippen molar-refractivity contribution in [3.8, 4) is 5.69 Å². The lowest BCUT2D eigenvalue weighted by molar-refractivity contribution is 0.211. The van der Waals surface area contributed by atoms with Crippen molar-refractivity contribution in [3.05, 3.63) is 80.1 Å². The van der Waals surface area contributed by atoms with Crippen molar-refractivity contribution in [1.82, 2.24) is 9.78 Å². The molecule has 0 saturated heterocycles. The Morgan fingerprint density at radius 1 is 1.10 bits per heavy atom. The molecule has 1 aromatic heterocycles. The molecule has 3 aromatic rings. The SMILES string of the molecule is OC(c1cc(Br)ccc1I)c1ccnn1-c1ccccc1. The summed E-state index contributed by atoms with van der Waals surface area (Å²) in [6, 6.07) is 17.5. The Labute approximate surface area is 144 Å². The molecule has 0 amide bonds. The molecule has 0 fully saturated rings. The number of rotatable bonds is 3. The molecule has 0 aliphatic rings. The maximum absolute atomic E-state index is 10.7. The zero-order valence-electron chi connectivity index (χ0n) is 10.9. The van der Waals surface area contributed by atoms with Crippen LogP contribution in [-0.2, 0) is 0 Å². The standard InChI is InChI=1S/C16H12BrIN2O/c17-11-6-7-14(18)13(10-11)16(21)15-8-9-19-20(15)12-4-2-1-3-5-12/h1-10,16,21H. The number of halogens is 2. The predicted molar refractivity (Wildman–Crippen MR) is 94.5 cm³/mol. The molecule has 21 heavy (non-hydrogen) atoms. The van der Waals surface area contributed by atoms with Crippen LogP contribution in [0.1, 0.15) is 17.4 Å². The minimum absolute atomic E-state index is 0.725.